The van der Waals surface area contributed by atoms with Crippen LogP contribution in [0.3, 0.4) is 0 Å². The molecule has 0 aliphatic rings. The summed E-state index contributed by atoms with van der Waals surface area (Å²) in [6.07, 6.45) is 9.70. The highest BCUT2D eigenvalue weighted by molar-refractivity contribution is 14.1. The number of hydrogen-bond acceptors (Lipinski definition) is 0. The standard InChI is InChI=1S/C14H21I/c1-2-3-4-5-6-7-8-9-10-11-12-13-14-15/h2-4,9-14H2,1H3. The zero-order chi connectivity index (χ0) is 11.2. The van der Waals surface area contributed by atoms with Crippen LogP contribution in [0.5, 0.6) is 0 Å². The predicted molar refractivity (Wildman–Crippen MR) is 77.0 cm³/mol. The van der Waals surface area contributed by atoms with Gasteiger partial charge in [0.1, 0.15) is 0 Å². The fourth-order valence-corrected chi connectivity index (χ4v) is 1.68. The van der Waals surface area contributed by atoms with E-state index in [1.54, 1.807) is 0 Å². The summed E-state index contributed by atoms with van der Waals surface area (Å²) < 4.78 is 1.28. The van der Waals surface area contributed by atoms with E-state index in [0.717, 1.165) is 12.8 Å². The molecule has 0 nitrogen and oxygen atoms in total. The second-order valence-electron chi connectivity index (χ2n) is 3.56. The molecular weight excluding hydrogens is 295 g/mol. The number of hydrogen-bond donors (Lipinski definition) is 0. The first-order valence-electron chi connectivity index (χ1n) is 5.93. The molecular formula is C14H21I. The van der Waals surface area contributed by atoms with Crippen molar-refractivity contribution in [3.63, 3.8) is 0 Å². The van der Waals surface area contributed by atoms with Gasteiger partial charge in [0.2, 0.25) is 0 Å². The topological polar surface area (TPSA) is 0 Å². The molecule has 0 aromatic heterocycles. The van der Waals surface area contributed by atoms with Crippen molar-refractivity contribution >= 4 is 22.6 Å². The van der Waals surface area contributed by atoms with E-state index in [1.807, 2.05) is 0 Å². The molecule has 0 saturated carbocycles. The van der Waals surface area contributed by atoms with E-state index < -0.39 is 0 Å². The highest BCUT2D eigenvalue weighted by Crippen LogP contribution is 2.03. The van der Waals surface area contributed by atoms with Crippen molar-refractivity contribution in [1.82, 2.24) is 0 Å². The summed E-state index contributed by atoms with van der Waals surface area (Å²) >= 11 is 2.43. The Kier molecular flexibility index (Phi) is 13.7. The van der Waals surface area contributed by atoms with E-state index >= 15 is 0 Å². The first-order chi connectivity index (χ1) is 7.41. The molecule has 0 aliphatic heterocycles. The van der Waals surface area contributed by atoms with Gasteiger partial charge in [0.25, 0.3) is 0 Å². The molecule has 15 heavy (non-hydrogen) atoms. The van der Waals surface area contributed by atoms with Crippen LogP contribution >= 0.6 is 22.6 Å². The summed E-state index contributed by atoms with van der Waals surface area (Å²) in [5.74, 6) is 12.0. The maximum absolute atomic E-state index is 3.11. The van der Waals surface area contributed by atoms with Gasteiger partial charge in [-0.2, -0.15) is 0 Å². The van der Waals surface area contributed by atoms with Gasteiger partial charge < -0.3 is 0 Å². The zero-order valence-electron chi connectivity index (χ0n) is 9.74. The minimum atomic E-state index is 1.00. The SMILES string of the molecule is CCCCC#CC#CCCCCCCI. The van der Waals surface area contributed by atoms with Crippen molar-refractivity contribution in [1.29, 1.82) is 0 Å². The molecule has 0 N–H and O–H groups in total. The Morgan fingerprint density at radius 3 is 2.00 bits per heavy atom. The van der Waals surface area contributed by atoms with Gasteiger partial charge in [-0.15, -0.1) is 0 Å². The van der Waals surface area contributed by atoms with Crippen LogP contribution in [0.1, 0.15) is 58.3 Å². The lowest BCUT2D eigenvalue weighted by atomic mass is 10.2. The van der Waals surface area contributed by atoms with Gasteiger partial charge in [-0.3, -0.25) is 0 Å². The van der Waals surface area contributed by atoms with E-state index in [0.29, 0.717) is 0 Å². The zero-order valence-corrected chi connectivity index (χ0v) is 11.9. The molecule has 0 heterocycles. The maximum Gasteiger partial charge on any atom is 0.00989 e. The second-order valence-corrected chi connectivity index (χ2v) is 4.64. The molecule has 84 valence electrons. The van der Waals surface area contributed by atoms with Crippen molar-refractivity contribution in [2.45, 2.75) is 58.3 Å². The second kappa shape index (κ2) is 13.8. The van der Waals surface area contributed by atoms with Crippen molar-refractivity contribution in [3.05, 3.63) is 0 Å². The lowest BCUT2D eigenvalue weighted by Crippen LogP contribution is -1.77. The Morgan fingerprint density at radius 1 is 0.800 bits per heavy atom. The average molecular weight is 316 g/mol. The van der Waals surface area contributed by atoms with Gasteiger partial charge in [0.05, 0.1) is 0 Å². The Labute approximate surface area is 109 Å². The summed E-state index contributed by atoms with van der Waals surface area (Å²) in [6.45, 7) is 2.18. The lowest BCUT2D eigenvalue weighted by Gasteiger charge is -1.93. The minimum absolute atomic E-state index is 1.00. The third-order valence-electron chi connectivity index (χ3n) is 2.08. The first kappa shape index (κ1) is 14.8. The Hall–Kier alpha value is -0.150. The van der Waals surface area contributed by atoms with E-state index in [1.165, 1.54) is 43.0 Å². The predicted octanol–water partition coefficient (Wildman–Crippen LogP) is 4.57. The monoisotopic (exact) mass is 316 g/mol. The van der Waals surface area contributed by atoms with E-state index in [9.17, 15) is 0 Å². The number of unbranched alkanes of at least 4 members (excludes halogenated alkanes) is 6. The third kappa shape index (κ3) is 13.9. The summed E-state index contributed by atoms with van der Waals surface area (Å²) in [7, 11) is 0. The first-order valence-corrected chi connectivity index (χ1v) is 7.46. The number of alkyl halides is 1. The van der Waals surface area contributed by atoms with Crippen LogP contribution < -0.4 is 0 Å². The number of halogens is 1. The van der Waals surface area contributed by atoms with E-state index in [4.69, 9.17) is 0 Å². The Morgan fingerprint density at radius 2 is 1.40 bits per heavy atom. The molecule has 1 heteroatoms. The molecule has 0 radical (unpaired) electrons. The molecule has 0 spiro atoms. The highest BCUT2D eigenvalue weighted by atomic mass is 127. The van der Waals surface area contributed by atoms with Crippen molar-refractivity contribution < 1.29 is 0 Å². The smallest absolute Gasteiger partial charge is 0.00989 e. The molecule has 0 bridgehead atoms. The van der Waals surface area contributed by atoms with Crippen molar-refractivity contribution in [3.8, 4) is 23.7 Å². The van der Waals surface area contributed by atoms with Crippen LogP contribution in [0, 0.1) is 23.7 Å². The van der Waals surface area contributed by atoms with Crippen LogP contribution in [0.4, 0.5) is 0 Å². The van der Waals surface area contributed by atoms with Crippen LogP contribution in [0.15, 0.2) is 0 Å². The van der Waals surface area contributed by atoms with E-state index in [-0.39, 0.29) is 0 Å². The van der Waals surface area contributed by atoms with Gasteiger partial charge in [-0.1, -0.05) is 60.6 Å². The van der Waals surface area contributed by atoms with Crippen molar-refractivity contribution in [2.24, 2.45) is 0 Å². The summed E-state index contributed by atoms with van der Waals surface area (Å²) in [4.78, 5) is 0. The fourth-order valence-electron chi connectivity index (χ4n) is 1.14. The third-order valence-corrected chi connectivity index (χ3v) is 2.84. The summed E-state index contributed by atoms with van der Waals surface area (Å²) in [5.41, 5.74) is 0. The molecule has 0 atom stereocenters. The Bertz CT molecular complexity index is 234. The maximum atomic E-state index is 3.11. The molecule has 0 aromatic rings. The number of rotatable bonds is 7. The largest absolute Gasteiger partial charge is 0.0891 e. The fraction of sp³-hybridized carbons (Fsp3) is 0.714. The molecule has 0 amide bonds. The van der Waals surface area contributed by atoms with Crippen LogP contribution in [-0.2, 0) is 0 Å². The Balaban J connectivity index is 3.25. The highest BCUT2D eigenvalue weighted by Gasteiger charge is 1.85. The van der Waals surface area contributed by atoms with Gasteiger partial charge >= 0.3 is 0 Å². The normalized spacial score (nSPS) is 8.67. The molecule has 0 aromatic carbocycles. The van der Waals surface area contributed by atoms with Gasteiger partial charge in [-0.05, 0) is 35.5 Å². The van der Waals surface area contributed by atoms with Crippen molar-refractivity contribution in [2.75, 3.05) is 4.43 Å². The molecule has 0 fully saturated rings. The van der Waals surface area contributed by atoms with Gasteiger partial charge in [0, 0.05) is 12.8 Å². The molecule has 0 rings (SSSR count). The quantitative estimate of drug-likeness (QED) is 0.279. The average Bonchev–Trinajstić information content (AvgIpc) is 2.26. The molecule has 0 unspecified atom stereocenters. The van der Waals surface area contributed by atoms with Gasteiger partial charge in [-0.25, -0.2) is 0 Å². The van der Waals surface area contributed by atoms with E-state index in [2.05, 4.69) is 53.2 Å². The molecule has 0 saturated heterocycles. The van der Waals surface area contributed by atoms with Crippen LogP contribution in [0.25, 0.3) is 0 Å². The minimum Gasteiger partial charge on any atom is -0.0891 e. The lowest BCUT2D eigenvalue weighted by molar-refractivity contribution is 0.687. The summed E-state index contributed by atoms with van der Waals surface area (Å²) in [6, 6.07) is 0. The van der Waals surface area contributed by atoms with Gasteiger partial charge in [0.15, 0.2) is 0 Å². The molecule has 0 aliphatic carbocycles. The van der Waals surface area contributed by atoms with Crippen LogP contribution in [-0.4, -0.2) is 4.43 Å². The van der Waals surface area contributed by atoms with Crippen LogP contribution in [0.2, 0.25) is 0 Å². The summed E-state index contributed by atoms with van der Waals surface area (Å²) in [5, 5.41) is 0.